The lowest BCUT2D eigenvalue weighted by atomic mass is 10.1. The summed E-state index contributed by atoms with van der Waals surface area (Å²) < 4.78 is 1.10. The van der Waals surface area contributed by atoms with Crippen LogP contribution < -0.4 is 10.6 Å². The monoisotopic (exact) mass is 366 g/mol. The summed E-state index contributed by atoms with van der Waals surface area (Å²) in [5.41, 5.74) is 9.14. The van der Waals surface area contributed by atoms with Crippen LogP contribution in [0.3, 0.4) is 0 Å². The molecule has 2 aromatic carbocycles. The van der Waals surface area contributed by atoms with E-state index in [0.717, 1.165) is 27.2 Å². The van der Waals surface area contributed by atoms with Crippen molar-refractivity contribution in [2.75, 3.05) is 18.5 Å². The summed E-state index contributed by atoms with van der Waals surface area (Å²) in [6.07, 6.45) is 0.880. The van der Waals surface area contributed by atoms with Crippen molar-refractivity contribution < 1.29 is 0 Å². The molecule has 0 aromatic heterocycles. The van der Waals surface area contributed by atoms with Crippen molar-refractivity contribution in [3.8, 4) is 0 Å². The van der Waals surface area contributed by atoms with Gasteiger partial charge in [0, 0.05) is 22.2 Å². The predicted molar refractivity (Wildman–Crippen MR) is 95.2 cm³/mol. The maximum absolute atomic E-state index is 6.30. The number of nitrogens with zero attached hydrogens (tertiary/aromatic N) is 1. The topological polar surface area (TPSA) is 29.3 Å². The molecule has 0 aliphatic heterocycles. The first-order chi connectivity index (χ1) is 10.0. The van der Waals surface area contributed by atoms with Gasteiger partial charge in [0.15, 0.2) is 0 Å². The molecule has 2 nitrogen and oxygen atoms in total. The third-order valence-electron chi connectivity index (χ3n) is 3.79. The van der Waals surface area contributed by atoms with Gasteiger partial charge in [-0.3, -0.25) is 0 Å². The van der Waals surface area contributed by atoms with E-state index in [2.05, 4.69) is 59.1 Å². The van der Waals surface area contributed by atoms with Crippen LogP contribution in [0.4, 0.5) is 5.69 Å². The van der Waals surface area contributed by atoms with Crippen molar-refractivity contribution in [3.63, 3.8) is 0 Å². The molecule has 4 heteroatoms. The molecule has 0 radical (unpaired) electrons. The Morgan fingerprint density at radius 2 is 1.95 bits per heavy atom. The normalized spacial score (nSPS) is 12.2. The number of hydrogen-bond acceptors (Lipinski definition) is 2. The molecule has 21 heavy (non-hydrogen) atoms. The van der Waals surface area contributed by atoms with Gasteiger partial charge in [-0.2, -0.15) is 0 Å². The lowest BCUT2D eigenvalue weighted by Crippen LogP contribution is -2.22. The van der Waals surface area contributed by atoms with E-state index in [4.69, 9.17) is 17.3 Å². The fourth-order valence-corrected chi connectivity index (χ4v) is 3.22. The molecule has 2 rings (SSSR count). The highest BCUT2D eigenvalue weighted by molar-refractivity contribution is 9.10. The van der Waals surface area contributed by atoms with Crippen molar-refractivity contribution in [1.82, 2.24) is 0 Å². The van der Waals surface area contributed by atoms with E-state index in [-0.39, 0.29) is 6.04 Å². The molecular weight excluding hydrogens is 348 g/mol. The average molecular weight is 368 g/mol. The van der Waals surface area contributed by atoms with Gasteiger partial charge in [-0.25, -0.2) is 0 Å². The van der Waals surface area contributed by atoms with Crippen LogP contribution in [0.2, 0.25) is 5.02 Å². The molecular formula is C17H20BrClN2. The number of nitrogens with two attached hydrogens (primary N) is 1. The van der Waals surface area contributed by atoms with E-state index in [0.29, 0.717) is 6.54 Å². The van der Waals surface area contributed by atoms with Gasteiger partial charge in [0.25, 0.3) is 0 Å². The Labute approximate surface area is 140 Å². The fourth-order valence-electron chi connectivity index (χ4n) is 2.36. The summed E-state index contributed by atoms with van der Waals surface area (Å²) in [6, 6.07) is 14.6. The second-order valence-electron chi connectivity index (χ2n) is 5.12. The summed E-state index contributed by atoms with van der Waals surface area (Å²) in [6.45, 7) is 2.81. The third-order valence-corrected chi connectivity index (χ3v) is 4.88. The molecule has 112 valence electrons. The van der Waals surface area contributed by atoms with Crippen LogP contribution in [0.15, 0.2) is 46.9 Å². The Hall–Kier alpha value is -1.03. The Balaban J connectivity index is 2.25. The summed E-state index contributed by atoms with van der Waals surface area (Å²) in [5, 5.41) is 0.802. The molecule has 0 spiro atoms. The van der Waals surface area contributed by atoms with Crippen LogP contribution in [0.5, 0.6) is 0 Å². The van der Waals surface area contributed by atoms with E-state index < -0.39 is 0 Å². The highest BCUT2D eigenvalue weighted by atomic mass is 79.9. The largest absolute Gasteiger partial charge is 0.368 e. The summed E-state index contributed by atoms with van der Waals surface area (Å²) >= 11 is 9.93. The molecule has 0 aliphatic carbocycles. The van der Waals surface area contributed by atoms with Crippen molar-refractivity contribution in [2.24, 2.45) is 5.73 Å². The van der Waals surface area contributed by atoms with Gasteiger partial charge in [-0.05, 0) is 49.2 Å². The summed E-state index contributed by atoms with van der Waals surface area (Å²) in [4.78, 5) is 2.22. The smallest absolute Gasteiger partial charge is 0.0525 e. The van der Waals surface area contributed by atoms with Crippen molar-refractivity contribution in [3.05, 3.63) is 63.1 Å². The molecule has 0 heterocycles. The molecule has 2 N–H and O–H groups in total. The van der Waals surface area contributed by atoms with Gasteiger partial charge in [0.2, 0.25) is 0 Å². The van der Waals surface area contributed by atoms with E-state index in [1.165, 1.54) is 5.56 Å². The highest BCUT2D eigenvalue weighted by Gasteiger charge is 2.15. The van der Waals surface area contributed by atoms with Crippen LogP contribution in [0.25, 0.3) is 0 Å². The minimum atomic E-state index is 0.200. The van der Waals surface area contributed by atoms with E-state index in [9.17, 15) is 0 Å². The van der Waals surface area contributed by atoms with Crippen molar-refractivity contribution in [2.45, 2.75) is 19.4 Å². The zero-order chi connectivity index (χ0) is 15.4. The van der Waals surface area contributed by atoms with E-state index in [1.807, 2.05) is 18.2 Å². The highest BCUT2D eigenvalue weighted by Crippen LogP contribution is 2.32. The maximum Gasteiger partial charge on any atom is 0.0525 e. The van der Waals surface area contributed by atoms with Gasteiger partial charge >= 0.3 is 0 Å². The van der Waals surface area contributed by atoms with E-state index in [1.54, 1.807) is 0 Å². The SMILES string of the molecule is CC(c1ccccc1Cl)N(C)c1ccc(CCN)c(Br)c1. The van der Waals surface area contributed by atoms with Crippen molar-refractivity contribution >= 4 is 33.2 Å². The quantitative estimate of drug-likeness (QED) is 0.822. The Kier molecular flexibility index (Phi) is 5.68. The maximum atomic E-state index is 6.30. The number of halogens is 2. The molecule has 0 saturated heterocycles. The first-order valence-electron chi connectivity index (χ1n) is 7.00. The molecule has 0 bridgehead atoms. The first-order valence-corrected chi connectivity index (χ1v) is 8.17. The number of benzene rings is 2. The minimum absolute atomic E-state index is 0.200. The predicted octanol–water partition coefficient (Wildman–Crippen LogP) is 4.80. The standard InChI is InChI=1S/C17H20BrClN2/c1-12(15-5-3-4-6-17(15)19)21(2)14-8-7-13(9-10-20)16(18)11-14/h3-8,11-12H,9-10,20H2,1-2H3. The molecule has 1 unspecified atom stereocenters. The molecule has 0 fully saturated rings. The lowest BCUT2D eigenvalue weighted by Gasteiger charge is -2.28. The molecule has 0 aliphatic rings. The molecule has 1 atom stereocenters. The van der Waals surface area contributed by atoms with Crippen molar-refractivity contribution in [1.29, 1.82) is 0 Å². The van der Waals surface area contributed by atoms with Gasteiger partial charge in [0.05, 0.1) is 6.04 Å². The zero-order valence-electron chi connectivity index (χ0n) is 12.3. The summed E-state index contributed by atoms with van der Waals surface area (Å²) in [7, 11) is 2.08. The van der Waals surface area contributed by atoms with Crippen LogP contribution in [0.1, 0.15) is 24.1 Å². The van der Waals surface area contributed by atoms with Gasteiger partial charge in [-0.1, -0.05) is 51.8 Å². The minimum Gasteiger partial charge on any atom is -0.368 e. The lowest BCUT2D eigenvalue weighted by molar-refractivity contribution is 0.739. The van der Waals surface area contributed by atoms with Gasteiger partial charge in [0.1, 0.15) is 0 Å². The van der Waals surface area contributed by atoms with Gasteiger partial charge in [-0.15, -0.1) is 0 Å². The second-order valence-corrected chi connectivity index (χ2v) is 6.38. The van der Waals surface area contributed by atoms with Gasteiger partial charge < -0.3 is 10.6 Å². The molecule has 2 aromatic rings. The molecule has 0 amide bonds. The Bertz CT molecular complexity index is 615. The Morgan fingerprint density at radius 1 is 1.24 bits per heavy atom. The van der Waals surface area contributed by atoms with E-state index >= 15 is 0 Å². The van der Waals surface area contributed by atoms with Crippen LogP contribution in [-0.2, 0) is 6.42 Å². The van der Waals surface area contributed by atoms with Crippen LogP contribution in [0, 0.1) is 0 Å². The molecule has 0 saturated carbocycles. The average Bonchev–Trinajstić information content (AvgIpc) is 2.48. The summed E-state index contributed by atoms with van der Waals surface area (Å²) in [5.74, 6) is 0. The second kappa shape index (κ2) is 7.30. The first kappa shape index (κ1) is 16.3. The fraction of sp³-hybridized carbons (Fsp3) is 0.294. The van der Waals surface area contributed by atoms with Crippen LogP contribution >= 0.6 is 27.5 Å². The zero-order valence-corrected chi connectivity index (χ0v) is 14.7. The van der Waals surface area contributed by atoms with Crippen LogP contribution in [-0.4, -0.2) is 13.6 Å². The number of hydrogen-bond donors (Lipinski definition) is 1. The number of rotatable bonds is 5. The third kappa shape index (κ3) is 3.79. The number of anilines is 1. The Morgan fingerprint density at radius 3 is 2.57 bits per heavy atom.